The van der Waals surface area contributed by atoms with Crippen molar-refractivity contribution < 1.29 is 19.2 Å². The molecule has 11 nitrogen and oxygen atoms in total. The third kappa shape index (κ3) is 9.53. The number of likely N-dealkylation sites (tertiary alicyclic amines) is 1. The summed E-state index contributed by atoms with van der Waals surface area (Å²) < 4.78 is 0. The number of piperidine rings is 1. The maximum absolute atomic E-state index is 14.0. The summed E-state index contributed by atoms with van der Waals surface area (Å²) in [4.78, 5) is 63.8. The first-order valence-electron chi connectivity index (χ1n) is 17.1. The van der Waals surface area contributed by atoms with Crippen LogP contribution < -0.4 is 11.1 Å². The molecule has 1 aromatic heterocycles. The van der Waals surface area contributed by atoms with Crippen molar-refractivity contribution >= 4 is 40.8 Å². The number of amides is 3. The van der Waals surface area contributed by atoms with Crippen LogP contribution in [0.3, 0.4) is 0 Å². The molecular weight excluding hydrogens is 639 g/mol. The van der Waals surface area contributed by atoms with Crippen molar-refractivity contribution in [1.82, 2.24) is 25.0 Å². The fourth-order valence-corrected chi connectivity index (χ4v) is 7.38. The summed E-state index contributed by atoms with van der Waals surface area (Å²) in [5, 5.41) is 12.8. The number of thiazole rings is 1. The molecule has 0 aliphatic carbocycles. The summed E-state index contributed by atoms with van der Waals surface area (Å²) in [6.07, 6.45) is 5.32. The van der Waals surface area contributed by atoms with Gasteiger partial charge in [0.05, 0.1) is 12.6 Å². The van der Waals surface area contributed by atoms with Gasteiger partial charge >= 0.3 is 0 Å². The average Bonchev–Trinajstić information content (AvgIpc) is 3.64. The topological polar surface area (TPSA) is 153 Å². The number of Topliss-reactive ketones (excluding diaryl/α,β-unsaturated/α-hetero) is 1. The van der Waals surface area contributed by atoms with E-state index in [1.807, 2.05) is 30.3 Å². The van der Waals surface area contributed by atoms with Crippen LogP contribution in [-0.4, -0.2) is 94.0 Å². The molecule has 3 aromatic rings. The van der Waals surface area contributed by atoms with Crippen LogP contribution >= 0.6 is 11.3 Å². The van der Waals surface area contributed by atoms with Gasteiger partial charge in [0.25, 0.3) is 0 Å². The summed E-state index contributed by atoms with van der Waals surface area (Å²) >= 11 is 1.21. The number of rotatable bonds is 14. The van der Waals surface area contributed by atoms with Crippen molar-refractivity contribution in [3.63, 3.8) is 0 Å². The number of carbonyl (C=O) groups is 4. The van der Waals surface area contributed by atoms with Gasteiger partial charge in [-0.05, 0) is 60.6 Å². The fourth-order valence-electron chi connectivity index (χ4n) is 6.75. The van der Waals surface area contributed by atoms with Crippen molar-refractivity contribution in [2.24, 2.45) is 11.7 Å². The Balaban J connectivity index is 1.27. The first-order valence-corrected chi connectivity index (χ1v) is 18.0. The molecule has 3 atom stereocenters. The fraction of sp³-hybridized carbons (Fsp3) is 0.459. The molecule has 3 amide bonds. The highest BCUT2D eigenvalue weighted by Gasteiger charge is 2.40. The quantitative estimate of drug-likeness (QED) is 0.132. The van der Waals surface area contributed by atoms with E-state index >= 15 is 0 Å². The number of guanidine groups is 1. The lowest BCUT2D eigenvalue weighted by Gasteiger charge is -2.40. The van der Waals surface area contributed by atoms with Crippen LogP contribution in [0.15, 0.2) is 66.2 Å². The normalized spacial score (nSPS) is 18.9. The van der Waals surface area contributed by atoms with Crippen molar-refractivity contribution in [3.8, 4) is 0 Å². The molecule has 260 valence electrons. The Morgan fingerprint density at radius 3 is 2.51 bits per heavy atom. The van der Waals surface area contributed by atoms with Crippen LogP contribution in [0.5, 0.6) is 0 Å². The maximum atomic E-state index is 14.0. The van der Waals surface area contributed by atoms with E-state index in [0.29, 0.717) is 43.4 Å². The number of nitrogens with two attached hydrogens (primary N) is 1. The van der Waals surface area contributed by atoms with Gasteiger partial charge in [0.15, 0.2) is 11.0 Å². The van der Waals surface area contributed by atoms with Crippen LogP contribution in [0.2, 0.25) is 0 Å². The Labute approximate surface area is 292 Å². The number of piperazine rings is 1. The summed E-state index contributed by atoms with van der Waals surface area (Å²) in [6, 6.07) is 16.3. The molecule has 2 aliphatic heterocycles. The molecule has 0 bridgehead atoms. The Kier molecular flexibility index (Phi) is 12.2. The van der Waals surface area contributed by atoms with E-state index in [4.69, 9.17) is 11.1 Å². The van der Waals surface area contributed by atoms with Crippen LogP contribution in [0.25, 0.3) is 0 Å². The Morgan fingerprint density at radius 2 is 1.84 bits per heavy atom. The number of benzene rings is 2. The third-order valence-corrected chi connectivity index (χ3v) is 10.3. The Hall–Kier alpha value is -4.58. The number of carbonyl (C=O) groups excluding carboxylic acids is 4. The standard InChI is InChI=1S/C37H47N7O4S/c1-25(2)29-14-12-26(13-15-29)10-6-17-42-24-33(46)44(31(36(42)48)21-27-8-4-3-5-9-27)23-32(45)41-30(34(47)35-40-16-19-49-35)20-28-11-7-18-43(22-28)37(38)39/h3-5,8-9,12-16,19,25,28,30-31H,6-7,10-11,17-18,20-24H2,1-2H3,(H3,38,39)(H,41,45)/t28-,30-,31+/m0/s1. The molecule has 0 unspecified atom stereocenters. The smallest absolute Gasteiger partial charge is 0.246 e. The number of aryl methyl sites for hydroxylation is 1. The van der Waals surface area contributed by atoms with Gasteiger partial charge < -0.3 is 25.8 Å². The van der Waals surface area contributed by atoms with Crippen LogP contribution in [0.1, 0.15) is 71.9 Å². The van der Waals surface area contributed by atoms with E-state index in [1.54, 1.807) is 21.4 Å². The van der Waals surface area contributed by atoms with Crippen LogP contribution in [0.4, 0.5) is 0 Å². The minimum atomic E-state index is -0.871. The molecule has 2 aromatic carbocycles. The van der Waals surface area contributed by atoms with Gasteiger partial charge in [0.2, 0.25) is 23.5 Å². The second-order valence-electron chi connectivity index (χ2n) is 13.4. The average molecular weight is 686 g/mol. The van der Waals surface area contributed by atoms with E-state index in [1.165, 1.54) is 27.4 Å². The molecule has 2 saturated heterocycles. The van der Waals surface area contributed by atoms with Crippen LogP contribution in [-0.2, 0) is 27.2 Å². The summed E-state index contributed by atoms with van der Waals surface area (Å²) in [5.41, 5.74) is 9.09. The highest BCUT2D eigenvalue weighted by molar-refractivity contribution is 7.11. The zero-order valence-corrected chi connectivity index (χ0v) is 29.2. The van der Waals surface area contributed by atoms with Crippen LogP contribution in [0, 0.1) is 11.3 Å². The van der Waals surface area contributed by atoms with E-state index in [0.717, 1.165) is 24.8 Å². The molecule has 0 radical (unpaired) electrons. The molecule has 2 aliphatic rings. The predicted molar refractivity (Wildman–Crippen MR) is 190 cm³/mol. The van der Waals surface area contributed by atoms with Crippen molar-refractivity contribution in [2.75, 3.05) is 32.7 Å². The van der Waals surface area contributed by atoms with Crippen molar-refractivity contribution in [1.29, 1.82) is 5.41 Å². The Bertz CT molecular complexity index is 1600. The van der Waals surface area contributed by atoms with Gasteiger partial charge in [-0.15, -0.1) is 11.3 Å². The number of nitrogens with zero attached hydrogens (tertiary/aromatic N) is 4. The molecule has 4 N–H and O–H groups in total. The van der Waals surface area contributed by atoms with Gasteiger partial charge in [-0.1, -0.05) is 68.4 Å². The first-order chi connectivity index (χ1) is 23.6. The van der Waals surface area contributed by atoms with Gasteiger partial charge in [-0.2, -0.15) is 0 Å². The van der Waals surface area contributed by atoms with E-state index in [-0.39, 0.29) is 49.0 Å². The molecule has 12 heteroatoms. The van der Waals surface area contributed by atoms with Gasteiger partial charge in [0, 0.05) is 37.6 Å². The summed E-state index contributed by atoms with van der Waals surface area (Å²) in [7, 11) is 0. The summed E-state index contributed by atoms with van der Waals surface area (Å²) in [5.74, 6) is -0.821. The number of hydrogen-bond donors (Lipinski definition) is 3. The maximum Gasteiger partial charge on any atom is 0.246 e. The highest BCUT2D eigenvalue weighted by Crippen LogP contribution is 2.24. The number of ketones is 1. The van der Waals surface area contributed by atoms with Gasteiger partial charge in [-0.25, -0.2) is 4.98 Å². The number of nitrogens with one attached hydrogen (secondary N) is 2. The second-order valence-corrected chi connectivity index (χ2v) is 14.3. The predicted octanol–water partition coefficient (Wildman–Crippen LogP) is 3.84. The lowest BCUT2D eigenvalue weighted by molar-refractivity contribution is -0.157. The molecule has 49 heavy (non-hydrogen) atoms. The zero-order valence-electron chi connectivity index (χ0n) is 28.3. The number of hydrogen-bond acceptors (Lipinski definition) is 7. The Morgan fingerprint density at radius 1 is 1.08 bits per heavy atom. The molecule has 3 heterocycles. The largest absolute Gasteiger partial charge is 0.370 e. The molecule has 2 fully saturated rings. The van der Waals surface area contributed by atoms with E-state index in [2.05, 4.69) is 48.4 Å². The lowest BCUT2D eigenvalue weighted by Crippen LogP contribution is -2.62. The molecule has 0 saturated carbocycles. The number of aromatic nitrogens is 1. The second kappa shape index (κ2) is 16.7. The van der Waals surface area contributed by atoms with E-state index < -0.39 is 18.0 Å². The zero-order chi connectivity index (χ0) is 34.9. The highest BCUT2D eigenvalue weighted by atomic mass is 32.1. The van der Waals surface area contributed by atoms with Gasteiger partial charge in [0.1, 0.15) is 12.6 Å². The monoisotopic (exact) mass is 685 g/mol. The van der Waals surface area contributed by atoms with Crippen molar-refractivity contribution in [3.05, 3.63) is 87.9 Å². The van der Waals surface area contributed by atoms with E-state index in [9.17, 15) is 19.2 Å². The minimum absolute atomic E-state index is 0.0105. The minimum Gasteiger partial charge on any atom is -0.370 e. The molecule has 5 rings (SSSR count). The SMILES string of the molecule is CC(C)c1ccc(CCCN2CC(=O)N(CC(=O)N[C@@H](C[C@@H]3CCCN(C(=N)N)C3)C(=O)c3nccs3)[C@H](Cc3ccccc3)C2=O)cc1. The first kappa shape index (κ1) is 35.7. The van der Waals surface area contributed by atoms with Gasteiger partial charge in [-0.3, -0.25) is 24.6 Å². The van der Waals surface area contributed by atoms with Crippen molar-refractivity contribution in [2.45, 2.75) is 70.4 Å². The molecular formula is C37H47N7O4S. The lowest BCUT2D eigenvalue weighted by atomic mass is 9.90. The molecule has 0 spiro atoms. The summed E-state index contributed by atoms with van der Waals surface area (Å²) in [6.45, 7) is 5.51. The third-order valence-electron chi connectivity index (χ3n) is 9.47.